The Morgan fingerprint density at radius 3 is 2.76 bits per heavy atom. The van der Waals surface area contributed by atoms with Gasteiger partial charge in [0.05, 0.1) is 12.3 Å². The van der Waals surface area contributed by atoms with E-state index in [0.717, 1.165) is 42.7 Å². The molecule has 0 unspecified atom stereocenters. The third-order valence-electron chi connectivity index (χ3n) is 4.49. The van der Waals surface area contributed by atoms with Gasteiger partial charge in [-0.05, 0) is 55.5 Å². The number of anilines is 1. The van der Waals surface area contributed by atoms with Gasteiger partial charge in [0.1, 0.15) is 11.9 Å². The number of carbonyl (C=O) groups is 1. The molecule has 1 aliphatic rings. The van der Waals surface area contributed by atoms with Crippen molar-refractivity contribution >= 4 is 11.6 Å². The molecule has 6 nitrogen and oxygen atoms in total. The zero-order chi connectivity index (χ0) is 17.6. The molecular weight excluding hydrogens is 318 g/mol. The van der Waals surface area contributed by atoms with Crippen molar-refractivity contribution in [1.29, 1.82) is 0 Å². The van der Waals surface area contributed by atoms with Crippen LogP contribution in [0.4, 0.5) is 5.69 Å². The van der Waals surface area contributed by atoms with E-state index in [1.54, 1.807) is 10.9 Å². The summed E-state index contributed by atoms with van der Waals surface area (Å²) in [4.78, 5) is 12.0. The fourth-order valence-corrected chi connectivity index (χ4v) is 3.09. The van der Waals surface area contributed by atoms with E-state index < -0.39 is 0 Å². The maximum atomic E-state index is 12.0. The van der Waals surface area contributed by atoms with Crippen LogP contribution in [-0.2, 0) is 18.3 Å². The maximum absolute atomic E-state index is 12.0. The second-order valence-corrected chi connectivity index (χ2v) is 6.60. The van der Waals surface area contributed by atoms with Crippen molar-refractivity contribution in [2.45, 2.75) is 50.7 Å². The van der Waals surface area contributed by atoms with Gasteiger partial charge in [0, 0.05) is 25.4 Å². The lowest BCUT2D eigenvalue weighted by Crippen LogP contribution is -2.34. The van der Waals surface area contributed by atoms with E-state index in [2.05, 4.69) is 10.4 Å². The first-order valence-electron chi connectivity index (χ1n) is 8.82. The van der Waals surface area contributed by atoms with Gasteiger partial charge >= 0.3 is 0 Å². The fourth-order valence-electron chi connectivity index (χ4n) is 3.09. The monoisotopic (exact) mass is 343 g/mol. The average molecular weight is 343 g/mol. The number of nitrogens with zero attached hydrogens (tertiary/aromatic N) is 2. The maximum Gasteiger partial charge on any atom is 0.224 e. The van der Waals surface area contributed by atoms with Crippen molar-refractivity contribution < 1.29 is 14.6 Å². The van der Waals surface area contributed by atoms with Crippen molar-refractivity contribution in [3.63, 3.8) is 0 Å². The number of aliphatic hydroxyl groups excluding tert-OH is 1. The molecule has 1 heterocycles. The molecule has 3 rings (SSSR count). The summed E-state index contributed by atoms with van der Waals surface area (Å²) in [6.45, 7) is 0. The van der Waals surface area contributed by atoms with Crippen LogP contribution in [0.1, 0.15) is 37.7 Å². The zero-order valence-electron chi connectivity index (χ0n) is 14.5. The number of hydrogen-bond acceptors (Lipinski definition) is 4. The van der Waals surface area contributed by atoms with Crippen molar-refractivity contribution in [2.24, 2.45) is 7.05 Å². The first-order chi connectivity index (χ1) is 12.1. The molecule has 1 amide bonds. The number of amides is 1. The molecular formula is C19H25N3O3. The van der Waals surface area contributed by atoms with Crippen LogP contribution in [0, 0.1) is 0 Å². The number of aliphatic hydroxyl groups is 1. The Balaban J connectivity index is 1.47. The molecule has 1 saturated carbocycles. The number of rotatable bonds is 6. The smallest absolute Gasteiger partial charge is 0.224 e. The quantitative estimate of drug-likeness (QED) is 0.845. The Labute approximate surface area is 147 Å². The SMILES string of the molecule is Cn1cc(CCC(=O)Nc2ccc(O[C@@H]3CCCC[C@H]3O)cc2)cn1. The number of aromatic nitrogens is 2. The minimum Gasteiger partial charge on any atom is -0.488 e. The van der Waals surface area contributed by atoms with Gasteiger partial charge in [0.15, 0.2) is 0 Å². The topological polar surface area (TPSA) is 76.4 Å². The Morgan fingerprint density at radius 1 is 1.32 bits per heavy atom. The third-order valence-corrected chi connectivity index (χ3v) is 4.49. The molecule has 1 aliphatic carbocycles. The zero-order valence-corrected chi connectivity index (χ0v) is 14.5. The molecule has 25 heavy (non-hydrogen) atoms. The van der Waals surface area contributed by atoms with Gasteiger partial charge in [-0.25, -0.2) is 0 Å². The van der Waals surface area contributed by atoms with Gasteiger partial charge < -0.3 is 15.2 Å². The molecule has 2 atom stereocenters. The van der Waals surface area contributed by atoms with Gasteiger partial charge in [-0.2, -0.15) is 5.10 Å². The van der Waals surface area contributed by atoms with E-state index in [1.807, 2.05) is 37.5 Å². The number of hydrogen-bond donors (Lipinski definition) is 2. The predicted molar refractivity (Wildman–Crippen MR) is 95.5 cm³/mol. The second-order valence-electron chi connectivity index (χ2n) is 6.60. The first-order valence-corrected chi connectivity index (χ1v) is 8.82. The Morgan fingerprint density at radius 2 is 2.08 bits per heavy atom. The predicted octanol–water partition coefficient (Wildman–Crippen LogP) is 2.67. The van der Waals surface area contributed by atoms with Crippen LogP contribution in [-0.4, -0.2) is 33.0 Å². The first kappa shape index (κ1) is 17.5. The summed E-state index contributed by atoms with van der Waals surface area (Å²) in [5.41, 5.74) is 1.79. The van der Waals surface area contributed by atoms with Crippen LogP contribution >= 0.6 is 0 Å². The molecule has 2 N–H and O–H groups in total. The van der Waals surface area contributed by atoms with Crippen LogP contribution in [0.2, 0.25) is 0 Å². The summed E-state index contributed by atoms with van der Waals surface area (Å²) in [6.07, 6.45) is 8.09. The molecule has 0 spiro atoms. The fraction of sp³-hybridized carbons (Fsp3) is 0.474. The van der Waals surface area contributed by atoms with Crippen molar-refractivity contribution in [1.82, 2.24) is 9.78 Å². The van der Waals surface area contributed by atoms with E-state index in [-0.39, 0.29) is 18.1 Å². The summed E-state index contributed by atoms with van der Waals surface area (Å²) >= 11 is 0. The van der Waals surface area contributed by atoms with Crippen LogP contribution < -0.4 is 10.1 Å². The van der Waals surface area contributed by atoms with Crippen LogP contribution in [0.3, 0.4) is 0 Å². The molecule has 0 aliphatic heterocycles. The lowest BCUT2D eigenvalue weighted by molar-refractivity contribution is -0.116. The number of carbonyl (C=O) groups excluding carboxylic acids is 1. The summed E-state index contributed by atoms with van der Waals surface area (Å²) in [5.74, 6) is 0.694. The second kappa shape index (κ2) is 8.16. The standard InChI is InChI=1S/C19H25N3O3/c1-22-13-14(12-20-22)6-11-19(24)21-15-7-9-16(10-8-15)25-18-5-3-2-4-17(18)23/h7-10,12-13,17-18,23H,2-6,11H2,1H3,(H,21,24)/t17-,18-/m1/s1. The molecule has 134 valence electrons. The summed E-state index contributed by atoms with van der Waals surface area (Å²) in [6, 6.07) is 7.31. The number of aryl methyl sites for hydroxylation is 2. The number of nitrogens with one attached hydrogen (secondary N) is 1. The highest BCUT2D eigenvalue weighted by Crippen LogP contribution is 2.25. The molecule has 0 bridgehead atoms. The highest BCUT2D eigenvalue weighted by atomic mass is 16.5. The summed E-state index contributed by atoms with van der Waals surface area (Å²) in [7, 11) is 1.86. The highest BCUT2D eigenvalue weighted by molar-refractivity contribution is 5.90. The van der Waals surface area contributed by atoms with E-state index >= 15 is 0 Å². The van der Waals surface area contributed by atoms with E-state index in [9.17, 15) is 9.90 Å². The van der Waals surface area contributed by atoms with E-state index in [1.165, 1.54) is 0 Å². The normalized spacial score (nSPS) is 20.2. The molecule has 0 radical (unpaired) electrons. The van der Waals surface area contributed by atoms with Crippen molar-refractivity contribution in [3.8, 4) is 5.75 Å². The minimum absolute atomic E-state index is 0.0276. The summed E-state index contributed by atoms with van der Waals surface area (Å²) < 4.78 is 7.59. The number of ether oxygens (including phenoxy) is 1. The van der Waals surface area contributed by atoms with Crippen molar-refractivity contribution in [3.05, 3.63) is 42.2 Å². The lowest BCUT2D eigenvalue weighted by atomic mass is 9.95. The highest BCUT2D eigenvalue weighted by Gasteiger charge is 2.24. The average Bonchev–Trinajstić information content (AvgIpc) is 3.02. The Kier molecular flexibility index (Phi) is 5.71. The van der Waals surface area contributed by atoms with Gasteiger partial charge in [0.25, 0.3) is 0 Å². The third kappa shape index (κ3) is 5.06. The molecule has 0 saturated heterocycles. The molecule has 1 fully saturated rings. The van der Waals surface area contributed by atoms with Crippen LogP contribution in [0.25, 0.3) is 0 Å². The molecule has 1 aromatic heterocycles. The van der Waals surface area contributed by atoms with E-state index in [4.69, 9.17) is 4.74 Å². The van der Waals surface area contributed by atoms with Gasteiger partial charge in [-0.1, -0.05) is 6.42 Å². The van der Waals surface area contributed by atoms with Gasteiger partial charge in [-0.15, -0.1) is 0 Å². The Bertz CT molecular complexity index is 696. The van der Waals surface area contributed by atoms with Crippen LogP contribution in [0.5, 0.6) is 5.75 Å². The van der Waals surface area contributed by atoms with Gasteiger partial charge in [0.2, 0.25) is 5.91 Å². The molecule has 2 aromatic rings. The van der Waals surface area contributed by atoms with Gasteiger partial charge in [-0.3, -0.25) is 9.48 Å². The van der Waals surface area contributed by atoms with Crippen LogP contribution in [0.15, 0.2) is 36.7 Å². The Hall–Kier alpha value is -2.34. The summed E-state index contributed by atoms with van der Waals surface area (Å²) in [5, 5.41) is 17.0. The minimum atomic E-state index is -0.388. The largest absolute Gasteiger partial charge is 0.488 e. The number of benzene rings is 1. The molecule has 1 aromatic carbocycles. The lowest BCUT2D eigenvalue weighted by Gasteiger charge is -2.28. The van der Waals surface area contributed by atoms with E-state index in [0.29, 0.717) is 12.8 Å². The van der Waals surface area contributed by atoms with Crippen molar-refractivity contribution in [2.75, 3.05) is 5.32 Å². The molecule has 6 heteroatoms.